The van der Waals surface area contributed by atoms with Gasteiger partial charge >= 0.3 is 0 Å². The lowest BCUT2D eigenvalue weighted by Crippen LogP contribution is -2.08. The first-order valence-electron chi connectivity index (χ1n) is 9.19. The van der Waals surface area contributed by atoms with Crippen molar-refractivity contribution in [2.45, 2.75) is 59.8 Å². The number of aryl methyl sites for hydroxylation is 1. The Kier molecular flexibility index (Phi) is 4.48. The van der Waals surface area contributed by atoms with E-state index in [-0.39, 0.29) is 0 Å². The van der Waals surface area contributed by atoms with Crippen LogP contribution in [-0.4, -0.2) is 7.05 Å². The van der Waals surface area contributed by atoms with Crippen LogP contribution in [0.15, 0.2) is 18.2 Å². The molecular formula is C22H29N. The maximum absolute atomic E-state index is 3.55. The van der Waals surface area contributed by atoms with Crippen LogP contribution < -0.4 is 5.32 Å². The fraction of sp³-hybridized carbons (Fsp3) is 0.455. The van der Waals surface area contributed by atoms with Crippen molar-refractivity contribution in [1.29, 1.82) is 0 Å². The van der Waals surface area contributed by atoms with Crippen LogP contribution in [0.4, 0.5) is 5.69 Å². The van der Waals surface area contributed by atoms with Crippen molar-refractivity contribution >= 4 is 5.69 Å². The highest BCUT2D eigenvalue weighted by atomic mass is 14.8. The van der Waals surface area contributed by atoms with Gasteiger partial charge in [0.1, 0.15) is 0 Å². The van der Waals surface area contributed by atoms with E-state index >= 15 is 0 Å². The Morgan fingerprint density at radius 2 is 1.52 bits per heavy atom. The third-order valence-corrected chi connectivity index (χ3v) is 5.48. The zero-order valence-corrected chi connectivity index (χ0v) is 15.3. The molecule has 0 unspecified atom stereocenters. The largest absolute Gasteiger partial charge is 0.388 e. The molecule has 3 rings (SSSR count). The van der Waals surface area contributed by atoms with Gasteiger partial charge in [-0.1, -0.05) is 45.9 Å². The Bertz CT molecular complexity index is 740. The monoisotopic (exact) mass is 307 g/mol. The molecule has 23 heavy (non-hydrogen) atoms. The number of nitrogens with one attached hydrogen (secondary N) is 1. The molecule has 122 valence electrons. The Morgan fingerprint density at radius 3 is 2.09 bits per heavy atom. The molecule has 2 aromatic rings. The van der Waals surface area contributed by atoms with Gasteiger partial charge in [0.15, 0.2) is 0 Å². The Morgan fingerprint density at radius 1 is 0.826 bits per heavy atom. The average molecular weight is 307 g/mol. The summed E-state index contributed by atoms with van der Waals surface area (Å²) in [5, 5.41) is 3.55. The fourth-order valence-corrected chi connectivity index (χ4v) is 4.57. The van der Waals surface area contributed by atoms with Crippen molar-refractivity contribution in [2.75, 3.05) is 12.4 Å². The summed E-state index contributed by atoms with van der Waals surface area (Å²) < 4.78 is 0. The fourth-order valence-electron chi connectivity index (χ4n) is 4.57. The highest BCUT2D eigenvalue weighted by Crippen LogP contribution is 2.47. The second-order valence-electron chi connectivity index (χ2n) is 6.46. The SMILES string of the molecule is CCc1cccc2c1-c1c(CC)c(CC)c(CC)c(NC)c1C2. The van der Waals surface area contributed by atoms with E-state index in [9.17, 15) is 0 Å². The van der Waals surface area contributed by atoms with E-state index in [1.54, 1.807) is 16.7 Å². The predicted octanol–water partition coefficient (Wildman–Crippen LogP) is 5.55. The quantitative estimate of drug-likeness (QED) is 0.651. The lowest BCUT2D eigenvalue weighted by atomic mass is 9.84. The van der Waals surface area contributed by atoms with Gasteiger partial charge in [-0.15, -0.1) is 0 Å². The molecular weight excluding hydrogens is 278 g/mol. The molecule has 0 aromatic heterocycles. The molecule has 0 bridgehead atoms. The number of hydrogen-bond acceptors (Lipinski definition) is 1. The molecule has 0 aliphatic heterocycles. The number of fused-ring (bicyclic) bond motifs is 3. The summed E-state index contributed by atoms with van der Waals surface area (Å²) in [7, 11) is 2.09. The second kappa shape index (κ2) is 6.39. The minimum atomic E-state index is 1.08. The molecule has 0 saturated carbocycles. The van der Waals surface area contributed by atoms with Crippen LogP contribution in [0.25, 0.3) is 11.1 Å². The lowest BCUT2D eigenvalue weighted by molar-refractivity contribution is 0.977. The van der Waals surface area contributed by atoms with E-state index in [1.165, 1.54) is 33.5 Å². The van der Waals surface area contributed by atoms with Crippen molar-refractivity contribution in [1.82, 2.24) is 0 Å². The van der Waals surface area contributed by atoms with Gasteiger partial charge in [0, 0.05) is 19.2 Å². The van der Waals surface area contributed by atoms with E-state index in [1.807, 2.05) is 0 Å². The van der Waals surface area contributed by atoms with E-state index in [0.29, 0.717) is 0 Å². The van der Waals surface area contributed by atoms with Crippen LogP contribution in [-0.2, 0) is 32.1 Å². The van der Waals surface area contributed by atoms with Crippen LogP contribution in [0.1, 0.15) is 61.1 Å². The van der Waals surface area contributed by atoms with Gasteiger partial charge < -0.3 is 5.32 Å². The van der Waals surface area contributed by atoms with E-state index < -0.39 is 0 Å². The molecule has 0 radical (unpaired) electrons. The van der Waals surface area contributed by atoms with Gasteiger partial charge in [0.25, 0.3) is 0 Å². The van der Waals surface area contributed by atoms with Crippen molar-refractivity contribution in [2.24, 2.45) is 0 Å². The normalized spacial score (nSPS) is 12.2. The molecule has 1 nitrogen and oxygen atoms in total. The maximum atomic E-state index is 3.55. The topological polar surface area (TPSA) is 12.0 Å². The van der Waals surface area contributed by atoms with Crippen LogP contribution in [0, 0.1) is 0 Å². The zero-order chi connectivity index (χ0) is 16.6. The van der Waals surface area contributed by atoms with Crippen LogP contribution in [0.2, 0.25) is 0 Å². The van der Waals surface area contributed by atoms with Crippen LogP contribution in [0.5, 0.6) is 0 Å². The van der Waals surface area contributed by atoms with Crippen LogP contribution >= 0.6 is 0 Å². The first-order valence-corrected chi connectivity index (χ1v) is 9.19. The first kappa shape index (κ1) is 16.1. The molecule has 0 saturated heterocycles. The number of hydrogen-bond donors (Lipinski definition) is 1. The molecule has 1 N–H and O–H groups in total. The van der Waals surface area contributed by atoms with Gasteiger partial charge in [0.05, 0.1) is 0 Å². The molecule has 0 fully saturated rings. The molecule has 2 aromatic carbocycles. The van der Waals surface area contributed by atoms with Crippen molar-refractivity contribution in [3.8, 4) is 11.1 Å². The lowest BCUT2D eigenvalue weighted by Gasteiger charge is -2.23. The third kappa shape index (κ3) is 2.29. The molecule has 0 spiro atoms. The summed E-state index contributed by atoms with van der Waals surface area (Å²) in [5.74, 6) is 0. The Balaban J connectivity index is 2.43. The molecule has 0 heterocycles. The van der Waals surface area contributed by atoms with Gasteiger partial charge in [-0.3, -0.25) is 0 Å². The standard InChI is InChI=1S/C22H29N/c1-6-14-11-10-12-15-13-19-21(20(14)15)17(8-3)16(7-2)18(9-4)22(19)23-5/h10-12,23H,6-9,13H2,1-5H3. The second-order valence-corrected chi connectivity index (χ2v) is 6.46. The zero-order valence-electron chi connectivity index (χ0n) is 15.3. The maximum Gasteiger partial charge on any atom is 0.0415 e. The minimum absolute atomic E-state index is 1.08. The van der Waals surface area contributed by atoms with E-state index in [4.69, 9.17) is 0 Å². The predicted molar refractivity (Wildman–Crippen MR) is 102 cm³/mol. The number of anilines is 1. The van der Waals surface area contributed by atoms with Gasteiger partial charge in [-0.25, -0.2) is 0 Å². The molecule has 0 amide bonds. The summed E-state index contributed by atoms with van der Waals surface area (Å²) in [6.07, 6.45) is 5.55. The number of rotatable bonds is 5. The molecule has 0 atom stereocenters. The Hall–Kier alpha value is -1.76. The summed E-state index contributed by atoms with van der Waals surface area (Å²) >= 11 is 0. The van der Waals surface area contributed by atoms with Crippen molar-refractivity contribution < 1.29 is 0 Å². The van der Waals surface area contributed by atoms with Gasteiger partial charge in [-0.05, 0) is 70.2 Å². The highest BCUT2D eigenvalue weighted by Gasteiger charge is 2.29. The van der Waals surface area contributed by atoms with Gasteiger partial charge in [0.2, 0.25) is 0 Å². The summed E-state index contributed by atoms with van der Waals surface area (Å²) in [5.41, 5.74) is 13.8. The summed E-state index contributed by atoms with van der Waals surface area (Å²) in [4.78, 5) is 0. The minimum Gasteiger partial charge on any atom is -0.388 e. The number of benzene rings is 2. The summed E-state index contributed by atoms with van der Waals surface area (Å²) in [6, 6.07) is 6.87. The average Bonchev–Trinajstić information content (AvgIpc) is 2.98. The smallest absolute Gasteiger partial charge is 0.0415 e. The molecule has 1 heteroatoms. The van der Waals surface area contributed by atoms with E-state index in [0.717, 1.165) is 32.1 Å². The Labute approximate surface area is 141 Å². The first-order chi connectivity index (χ1) is 11.2. The summed E-state index contributed by atoms with van der Waals surface area (Å²) in [6.45, 7) is 9.20. The molecule has 1 aliphatic rings. The molecule has 1 aliphatic carbocycles. The van der Waals surface area contributed by atoms with Crippen molar-refractivity contribution in [3.05, 3.63) is 51.6 Å². The van der Waals surface area contributed by atoms with Crippen LogP contribution in [0.3, 0.4) is 0 Å². The van der Waals surface area contributed by atoms with E-state index in [2.05, 4.69) is 58.3 Å². The highest BCUT2D eigenvalue weighted by molar-refractivity contribution is 5.89. The van der Waals surface area contributed by atoms with Crippen molar-refractivity contribution in [3.63, 3.8) is 0 Å². The van der Waals surface area contributed by atoms with Gasteiger partial charge in [-0.2, -0.15) is 0 Å². The third-order valence-electron chi connectivity index (χ3n) is 5.48.